The molecule has 6 aliphatic rings. The number of nitrogens with zero attached hydrogens (tertiary/aromatic N) is 3. The van der Waals surface area contributed by atoms with Crippen molar-refractivity contribution in [3.05, 3.63) is 52.2 Å². The van der Waals surface area contributed by atoms with Gasteiger partial charge >= 0.3 is 0 Å². The minimum atomic E-state index is -3.70. The molecule has 250 valence electrons. The second-order valence-corrected chi connectivity index (χ2v) is 16.7. The fourth-order valence-electron chi connectivity index (χ4n) is 9.36. The van der Waals surface area contributed by atoms with Gasteiger partial charge in [-0.05, 0) is 91.3 Å². The number of aromatic nitrogens is 1. The molecule has 0 bridgehead atoms. The number of carbonyl (C=O) groups is 2. The summed E-state index contributed by atoms with van der Waals surface area (Å²) in [5.74, 6) is 0.0300. The van der Waals surface area contributed by atoms with E-state index in [1.165, 1.54) is 43.0 Å². The minimum Gasteiger partial charge on any atom is -0.497 e. The molecule has 2 amide bonds. The van der Waals surface area contributed by atoms with Gasteiger partial charge in [-0.2, -0.15) is 0 Å². The quantitative estimate of drug-likeness (QED) is 0.511. The molecule has 47 heavy (non-hydrogen) atoms. The van der Waals surface area contributed by atoms with Crippen LogP contribution >= 0.6 is 0 Å². The number of benzene rings is 1. The van der Waals surface area contributed by atoms with E-state index < -0.39 is 27.3 Å². The van der Waals surface area contributed by atoms with Crippen LogP contribution in [0.2, 0.25) is 0 Å². The summed E-state index contributed by atoms with van der Waals surface area (Å²) in [6.07, 6.45) is 16.2. The lowest BCUT2D eigenvalue weighted by Crippen LogP contribution is -2.54. The summed E-state index contributed by atoms with van der Waals surface area (Å²) < 4.78 is 35.3. The fourth-order valence-corrected chi connectivity index (χ4v) is 9.95. The molecule has 2 saturated carbocycles. The van der Waals surface area contributed by atoms with Crippen LogP contribution in [0.5, 0.6) is 5.75 Å². The van der Waals surface area contributed by atoms with Crippen LogP contribution in [-0.2, 0) is 26.2 Å². The van der Waals surface area contributed by atoms with Crippen LogP contribution in [0.3, 0.4) is 0 Å². The van der Waals surface area contributed by atoms with Crippen LogP contribution in [0, 0.1) is 17.3 Å². The van der Waals surface area contributed by atoms with E-state index in [4.69, 9.17) is 4.74 Å². The Hall–Kier alpha value is -3.53. The van der Waals surface area contributed by atoms with Crippen molar-refractivity contribution < 1.29 is 22.7 Å². The van der Waals surface area contributed by atoms with E-state index in [2.05, 4.69) is 49.6 Å². The molecule has 5 unspecified atom stereocenters. The Morgan fingerprint density at radius 2 is 1.91 bits per heavy atom. The number of hydrogen-bond acceptors (Lipinski definition) is 6. The maximum Gasteiger partial charge on any atom is 0.241 e. The smallest absolute Gasteiger partial charge is 0.241 e. The largest absolute Gasteiger partial charge is 0.497 e. The molecule has 4 heterocycles. The first-order valence-electron chi connectivity index (χ1n) is 17.5. The molecule has 3 aliphatic carbocycles. The topological polar surface area (TPSA) is 101 Å². The van der Waals surface area contributed by atoms with Gasteiger partial charge in [0.25, 0.3) is 0 Å². The lowest BCUT2D eigenvalue weighted by atomic mass is 9.80. The average Bonchev–Trinajstić information content (AvgIpc) is 3.50. The Balaban J connectivity index is 1.31. The number of methoxy groups -OCH3 is 1. The van der Waals surface area contributed by atoms with Crippen molar-refractivity contribution in [1.82, 2.24) is 19.1 Å². The zero-order valence-electron chi connectivity index (χ0n) is 27.7. The highest BCUT2D eigenvalue weighted by Crippen LogP contribution is 2.65. The van der Waals surface area contributed by atoms with Gasteiger partial charge < -0.3 is 19.1 Å². The Labute approximate surface area is 277 Å². The molecule has 1 saturated heterocycles. The van der Waals surface area contributed by atoms with E-state index in [1.807, 2.05) is 19.1 Å². The van der Waals surface area contributed by atoms with Crippen LogP contribution in [0.25, 0.3) is 23.4 Å². The maximum absolute atomic E-state index is 14.8. The SMILES string of the molecule is CCS(=O)(=O)NC(=O)C1C=c2c(c(C3CCCCC3)c3n2CC2(C(=O)N4CCN5C=CCC5C4)CC2c2cc(OC)ccc2-3)=CC1C. The minimum absolute atomic E-state index is 0.0786. The number of hydrogen-bond donors (Lipinski definition) is 1. The molecular formula is C37H46N4O5S. The molecule has 3 fully saturated rings. The van der Waals surface area contributed by atoms with Crippen molar-refractivity contribution in [2.24, 2.45) is 17.3 Å². The summed E-state index contributed by atoms with van der Waals surface area (Å²) in [5.41, 5.74) is 4.26. The predicted octanol–water partition coefficient (Wildman–Crippen LogP) is 3.42. The van der Waals surface area contributed by atoms with Crippen LogP contribution in [0.1, 0.15) is 81.8 Å². The number of amides is 2. The molecule has 1 aromatic carbocycles. The number of piperazine rings is 1. The Morgan fingerprint density at radius 1 is 1.11 bits per heavy atom. The van der Waals surface area contributed by atoms with Gasteiger partial charge in [-0.3, -0.25) is 14.3 Å². The van der Waals surface area contributed by atoms with E-state index in [-0.39, 0.29) is 23.5 Å². The Kier molecular flexibility index (Phi) is 7.39. The Morgan fingerprint density at radius 3 is 2.68 bits per heavy atom. The number of sulfonamides is 1. The van der Waals surface area contributed by atoms with Crippen molar-refractivity contribution in [2.45, 2.75) is 83.2 Å². The van der Waals surface area contributed by atoms with Crippen LogP contribution in [0.4, 0.5) is 0 Å². The lowest BCUT2D eigenvalue weighted by Gasteiger charge is -2.40. The van der Waals surface area contributed by atoms with Crippen molar-refractivity contribution in [3.63, 3.8) is 0 Å². The van der Waals surface area contributed by atoms with E-state index in [0.717, 1.165) is 60.7 Å². The van der Waals surface area contributed by atoms with Gasteiger partial charge in [0.15, 0.2) is 0 Å². The third-order valence-corrected chi connectivity index (χ3v) is 13.3. The molecule has 0 radical (unpaired) electrons. The first-order valence-corrected chi connectivity index (χ1v) is 19.2. The number of rotatable bonds is 6. The van der Waals surface area contributed by atoms with Gasteiger partial charge in [0, 0.05) is 49.1 Å². The molecule has 5 atom stereocenters. The summed E-state index contributed by atoms with van der Waals surface area (Å²) in [5, 5.41) is 2.12. The number of nitrogens with one attached hydrogen (secondary N) is 1. The van der Waals surface area contributed by atoms with Gasteiger partial charge in [-0.25, -0.2) is 8.42 Å². The van der Waals surface area contributed by atoms with E-state index in [1.54, 1.807) is 7.11 Å². The van der Waals surface area contributed by atoms with Crippen molar-refractivity contribution in [2.75, 3.05) is 32.5 Å². The standard InChI is InChI=1S/C37H46N4O5S/c1-4-47(44,45)38-35(42)28-19-32-30(17-23(28)2)33(24-9-6-5-7-10-24)34-27-13-12-26(46-3)18-29(27)31-20-37(31,22-41(32)34)36(43)40-16-15-39-14-8-11-25(39)21-40/h8,12-14,17-19,23-25,28,31H,4-7,9-11,15-16,20-22H2,1-3H3,(H,38,42). The van der Waals surface area contributed by atoms with E-state index in [9.17, 15) is 18.0 Å². The molecule has 8 rings (SSSR count). The first kappa shape index (κ1) is 30.8. The number of fused-ring (bicyclic) bond motifs is 8. The fraction of sp³-hybridized carbons (Fsp3) is 0.568. The van der Waals surface area contributed by atoms with Crippen LogP contribution < -0.4 is 20.0 Å². The molecule has 1 N–H and O–H groups in total. The number of carbonyl (C=O) groups excluding carboxylic acids is 2. The maximum atomic E-state index is 14.8. The van der Waals surface area contributed by atoms with Crippen LogP contribution in [0.15, 0.2) is 30.5 Å². The lowest BCUT2D eigenvalue weighted by molar-refractivity contribution is -0.140. The van der Waals surface area contributed by atoms with Gasteiger partial charge in [0.2, 0.25) is 21.8 Å². The summed E-state index contributed by atoms with van der Waals surface area (Å²) in [6, 6.07) is 6.71. The van der Waals surface area contributed by atoms with Gasteiger partial charge in [-0.1, -0.05) is 38.3 Å². The highest BCUT2D eigenvalue weighted by atomic mass is 32.2. The zero-order valence-corrected chi connectivity index (χ0v) is 28.5. The third kappa shape index (κ3) is 4.96. The van der Waals surface area contributed by atoms with Gasteiger partial charge in [0.1, 0.15) is 5.75 Å². The van der Waals surface area contributed by atoms with Crippen LogP contribution in [-0.4, -0.2) is 73.1 Å². The van der Waals surface area contributed by atoms with E-state index >= 15 is 0 Å². The number of ether oxygens (including phenoxy) is 1. The molecule has 9 nitrogen and oxygen atoms in total. The van der Waals surface area contributed by atoms with Gasteiger partial charge in [0.05, 0.1) is 29.9 Å². The molecular weight excluding hydrogens is 612 g/mol. The van der Waals surface area contributed by atoms with Crippen molar-refractivity contribution in [1.29, 1.82) is 0 Å². The second kappa shape index (κ2) is 11.3. The summed E-state index contributed by atoms with van der Waals surface area (Å²) >= 11 is 0. The highest BCUT2D eigenvalue weighted by molar-refractivity contribution is 7.90. The second-order valence-electron chi connectivity index (χ2n) is 14.7. The molecule has 10 heteroatoms. The molecule has 2 aromatic rings. The highest BCUT2D eigenvalue weighted by Gasteiger charge is 2.64. The Bertz CT molecular complexity index is 1910. The summed E-state index contributed by atoms with van der Waals surface area (Å²) in [7, 11) is -2.01. The first-order chi connectivity index (χ1) is 22.6. The summed E-state index contributed by atoms with van der Waals surface area (Å²) in [4.78, 5) is 32.8. The molecule has 0 spiro atoms. The summed E-state index contributed by atoms with van der Waals surface area (Å²) in [6.45, 7) is 6.40. The van der Waals surface area contributed by atoms with E-state index in [0.29, 0.717) is 25.0 Å². The molecule has 1 aromatic heterocycles. The van der Waals surface area contributed by atoms with Crippen molar-refractivity contribution >= 4 is 34.0 Å². The molecule has 3 aliphatic heterocycles. The zero-order chi connectivity index (χ0) is 32.7. The average molecular weight is 659 g/mol. The monoisotopic (exact) mass is 658 g/mol. The third-order valence-electron chi connectivity index (χ3n) is 12.0. The normalized spacial score (nSPS) is 29.3. The van der Waals surface area contributed by atoms with Gasteiger partial charge in [-0.15, -0.1) is 0 Å². The predicted molar refractivity (Wildman–Crippen MR) is 181 cm³/mol. The van der Waals surface area contributed by atoms with Crippen molar-refractivity contribution in [3.8, 4) is 17.0 Å².